The Kier molecular flexibility index (Phi) is 4.58. The van der Waals surface area contributed by atoms with Gasteiger partial charge in [0.2, 0.25) is 0 Å². The van der Waals surface area contributed by atoms with Crippen molar-refractivity contribution in [2.45, 2.75) is 31.2 Å². The number of piperidine rings is 1. The van der Waals surface area contributed by atoms with E-state index in [2.05, 4.69) is 48.6 Å². The van der Waals surface area contributed by atoms with E-state index in [9.17, 15) is 0 Å². The summed E-state index contributed by atoms with van der Waals surface area (Å²) in [5.74, 6) is 1.81. The van der Waals surface area contributed by atoms with E-state index in [-0.39, 0.29) is 5.41 Å². The Balaban J connectivity index is 2.10. The van der Waals surface area contributed by atoms with Crippen molar-refractivity contribution in [2.24, 2.45) is 0 Å². The first kappa shape index (κ1) is 15.9. The summed E-state index contributed by atoms with van der Waals surface area (Å²) in [4.78, 5) is 0. The average molecular weight is 311 g/mol. The van der Waals surface area contributed by atoms with E-state index in [1.807, 2.05) is 12.1 Å². The Morgan fingerprint density at radius 1 is 0.957 bits per heavy atom. The highest BCUT2D eigenvalue weighted by molar-refractivity contribution is 5.46. The van der Waals surface area contributed by atoms with Gasteiger partial charge < -0.3 is 14.8 Å². The molecule has 1 fully saturated rings. The van der Waals surface area contributed by atoms with E-state index in [0.717, 1.165) is 30.9 Å². The molecule has 1 unspecified atom stereocenters. The summed E-state index contributed by atoms with van der Waals surface area (Å²) < 4.78 is 10.9. The van der Waals surface area contributed by atoms with Crippen molar-refractivity contribution in [2.75, 3.05) is 20.8 Å². The molecule has 1 N–H and O–H groups in total. The molecule has 3 nitrogen and oxygen atoms in total. The molecule has 2 aromatic carbocycles. The number of benzene rings is 2. The highest BCUT2D eigenvalue weighted by Crippen LogP contribution is 2.41. The standard InChI is InChI=1S/C20H25NO2/c1-15-10-11-20(14-21-15,16-6-4-8-18(12-16)22-2)17-7-5-9-19(13-17)23-3/h4-9,12-13,15,21H,10-11,14H2,1-3H3. The minimum absolute atomic E-state index is 0.0460. The molecule has 0 saturated carbocycles. The summed E-state index contributed by atoms with van der Waals surface area (Å²) >= 11 is 0. The van der Waals surface area contributed by atoms with E-state index >= 15 is 0 Å². The van der Waals surface area contributed by atoms with Crippen molar-refractivity contribution < 1.29 is 9.47 Å². The van der Waals surface area contributed by atoms with Gasteiger partial charge in [-0.1, -0.05) is 24.3 Å². The fraction of sp³-hybridized carbons (Fsp3) is 0.400. The van der Waals surface area contributed by atoms with Gasteiger partial charge in [-0.05, 0) is 55.2 Å². The van der Waals surface area contributed by atoms with Gasteiger partial charge in [0.05, 0.1) is 14.2 Å². The third-order valence-electron chi connectivity index (χ3n) is 5.00. The predicted octanol–water partition coefficient (Wildman–Crippen LogP) is 3.76. The van der Waals surface area contributed by atoms with Crippen LogP contribution in [0.4, 0.5) is 0 Å². The summed E-state index contributed by atoms with van der Waals surface area (Å²) in [5.41, 5.74) is 2.55. The molecule has 23 heavy (non-hydrogen) atoms. The molecule has 0 amide bonds. The second-order valence-electron chi connectivity index (χ2n) is 6.37. The van der Waals surface area contributed by atoms with Gasteiger partial charge in [0.25, 0.3) is 0 Å². The average Bonchev–Trinajstić information content (AvgIpc) is 2.62. The summed E-state index contributed by atoms with van der Waals surface area (Å²) in [6, 6.07) is 17.5. The Morgan fingerprint density at radius 2 is 1.52 bits per heavy atom. The summed E-state index contributed by atoms with van der Waals surface area (Å²) in [5, 5.41) is 3.66. The number of hydrogen-bond acceptors (Lipinski definition) is 3. The molecule has 0 radical (unpaired) electrons. The molecule has 1 atom stereocenters. The third-order valence-corrected chi connectivity index (χ3v) is 5.00. The van der Waals surface area contributed by atoms with E-state index in [1.54, 1.807) is 14.2 Å². The lowest BCUT2D eigenvalue weighted by Crippen LogP contribution is -2.48. The summed E-state index contributed by atoms with van der Waals surface area (Å²) in [6.45, 7) is 3.18. The maximum atomic E-state index is 5.45. The normalized spacial score (nSPS) is 20.0. The van der Waals surface area contributed by atoms with Gasteiger partial charge in [-0.25, -0.2) is 0 Å². The van der Waals surface area contributed by atoms with Crippen LogP contribution in [0, 0.1) is 0 Å². The zero-order chi connectivity index (χ0) is 16.3. The number of ether oxygens (including phenoxy) is 2. The topological polar surface area (TPSA) is 30.5 Å². The maximum absolute atomic E-state index is 5.45. The molecule has 122 valence electrons. The van der Waals surface area contributed by atoms with E-state index in [0.29, 0.717) is 6.04 Å². The summed E-state index contributed by atoms with van der Waals surface area (Å²) in [6.07, 6.45) is 2.26. The molecule has 0 bridgehead atoms. The first-order valence-corrected chi connectivity index (χ1v) is 8.20. The second-order valence-corrected chi connectivity index (χ2v) is 6.37. The fourth-order valence-corrected chi connectivity index (χ4v) is 3.50. The number of methoxy groups -OCH3 is 2. The minimum atomic E-state index is -0.0460. The van der Waals surface area contributed by atoms with Crippen LogP contribution in [0.5, 0.6) is 11.5 Å². The van der Waals surface area contributed by atoms with E-state index in [1.165, 1.54) is 11.1 Å². The smallest absolute Gasteiger partial charge is 0.119 e. The van der Waals surface area contributed by atoms with E-state index < -0.39 is 0 Å². The molecule has 1 aliphatic rings. The Hall–Kier alpha value is -2.00. The highest BCUT2D eigenvalue weighted by atomic mass is 16.5. The van der Waals surface area contributed by atoms with Crippen LogP contribution in [0.1, 0.15) is 30.9 Å². The lowest BCUT2D eigenvalue weighted by molar-refractivity contribution is 0.311. The molecule has 0 spiro atoms. The van der Waals surface area contributed by atoms with Gasteiger partial charge in [0.1, 0.15) is 11.5 Å². The van der Waals surface area contributed by atoms with Gasteiger partial charge in [-0.15, -0.1) is 0 Å². The van der Waals surface area contributed by atoms with E-state index in [4.69, 9.17) is 9.47 Å². The Bertz CT molecular complexity index is 611. The molecule has 2 aromatic rings. The zero-order valence-electron chi connectivity index (χ0n) is 14.1. The van der Waals surface area contributed by atoms with Gasteiger partial charge >= 0.3 is 0 Å². The summed E-state index contributed by atoms with van der Waals surface area (Å²) in [7, 11) is 3.44. The molecule has 0 aromatic heterocycles. The quantitative estimate of drug-likeness (QED) is 0.932. The van der Waals surface area contributed by atoms with Gasteiger partial charge in [0, 0.05) is 18.0 Å². The second kappa shape index (κ2) is 6.63. The lowest BCUT2D eigenvalue weighted by Gasteiger charge is -2.41. The molecule has 0 aliphatic carbocycles. The zero-order valence-corrected chi connectivity index (χ0v) is 14.1. The maximum Gasteiger partial charge on any atom is 0.119 e. The molecule has 1 aliphatic heterocycles. The van der Waals surface area contributed by atoms with Gasteiger partial charge in [-0.3, -0.25) is 0 Å². The first-order chi connectivity index (χ1) is 11.2. The molecule has 3 heteroatoms. The van der Waals surface area contributed by atoms with Crippen molar-refractivity contribution in [3.63, 3.8) is 0 Å². The SMILES string of the molecule is COc1cccc(C2(c3cccc(OC)c3)CCC(C)NC2)c1. The minimum Gasteiger partial charge on any atom is -0.497 e. The van der Waals surface area contributed by atoms with Crippen molar-refractivity contribution in [1.29, 1.82) is 0 Å². The van der Waals surface area contributed by atoms with Crippen LogP contribution in [-0.2, 0) is 5.41 Å². The van der Waals surface area contributed by atoms with Crippen LogP contribution in [0.15, 0.2) is 48.5 Å². The largest absolute Gasteiger partial charge is 0.497 e. The van der Waals surface area contributed by atoms with Crippen molar-refractivity contribution >= 4 is 0 Å². The number of nitrogens with one attached hydrogen (secondary N) is 1. The number of rotatable bonds is 4. The first-order valence-electron chi connectivity index (χ1n) is 8.20. The van der Waals surface area contributed by atoms with Crippen molar-refractivity contribution in [1.82, 2.24) is 5.32 Å². The van der Waals surface area contributed by atoms with Crippen molar-refractivity contribution in [3.05, 3.63) is 59.7 Å². The van der Waals surface area contributed by atoms with Crippen LogP contribution in [0.3, 0.4) is 0 Å². The lowest BCUT2D eigenvalue weighted by atomic mass is 9.68. The van der Waals surface area contributed by atoms with Gasteiger partial charge in [-0.2, -0.15) is 0 Å². The van der Waals surface area contributed by atoms with Crippen LogP contribution >= 0.6 is 0 Å². The van der Waals surface area contributed by atoms with Crippen LogP contribution < -0.4 is 14.8 Å². The van der Waals surface area contributed by atoms with Crippen LogP contribution in [0.25, 0.3) is 0 Å². The Morgan fingerprint density at radius 3 is 1.96 bits per heavy atom. The van der Waals surface area contributed by atoms with Crippen LogP contribution in [0.2, 0.25) is 0 Å². The monoisotopic (exact) mass is 311 g/mol. The molecule has 1 heterocycles. The number of hydrogen-bond donors (Lipinski definition) is 1. The van der Waals surface area contributed by atoms with Gasteiger partial charge in [0.15, 0.2) is 0 Å². The molecular formula is C20H25NO2. The third kappa shape index (κ3) is 3.06. The highest BCUT2D eigenvalue weighted by Gasteiger charge is 2.37. The van der Waals surface area contributed by atoms with Crippen molar-refractivity contribution in [3.8, 4) is 11.5 Å². The molecule has 3 rings (SSSR count). The fourth-order valence-electron chi connectivity index (χ4n) is 3.50. The van der Waals surface area contributed by atoms with Crippen LogP contribution in [-0.4, -0.2) is 26.8 Å². The molecule has 1 saturated heterocycles. The predicted molar refractivity (Wildman–Crippen MR) is 93.5 cm³/mol. The molecular weight excluding hydrogens is 286 g/mol. The Labute approximate surface area is 138 Å².